The number of benzene rings is 1. The maximum absolute atomic E-state index is 13.2. The number of rotatable bonds is 9. The van der Waals surface area contributed by atoms with Gasteiger partial charge in [-0.25, -0.2) is 8.78 Å². The van der Waals surface area contributed by atoms with Gasteiger partial charge in [0.1, 0.15) is 11.6 Å². The van der Waals surface area contributed by atoms with Crippen LogP contribution in [-0.4, -0.2) is 51.5 Å². The van der Waals surface area contributed by atoms with Gasteiger partial charge in [-0.05, 0) is 43.9 Å². The van der Waals surface area contributed by atoms with E-state index in [4.69, 9.17) is 9.47 Å². The first-order valence-electron chi connectivity index (χ1n) is 8.84. The molecule has 2 N–H and O–H groups in total. The second-order valence-corrected chi connectivity index (χ2v) is 5.93. The normalized spacial score (nSPS) is 17.7. The fourth-order valence-corrected chi connectivity index (χ4v) is 2.57. The smallest absolute Gasteiger partial charge is 0.191 e. The lowest BCUT2D eigenvalue weighted by Crippen LogP contribution is -2.38. The average Bonchev–Trinajstić information content (AvgIpc) is 3.07. The molecular weight excluding hydrogens is 328 g/mol. The minimum Gasteiger partial charge on any atom is -0.379 e. The van der Waals surface area contributed by atoms with E-state index in [0.29, 0.717) is 44.2 Å². The van der Waals surface area contributed by atoms with E-state index in [0.717, 1.165) is 32.1 Å². The highest BCUT2D eigenvalue weighted by atomic mass is 19.1. The molecule has 1 saturated heterocycles. The summed E-state index contributed by atoms with van der Waals surface area (Å²) in [6, 6.07) is 3.57. The molecule has 1 aromatic rings. The van der Waals surface area contributed by atoms with Crippen molar-refractivity contribution in [2.75, 3.05) is 39.5 Å². The Balaban J connectivity index is 1.67. The van der Waals surface area contributed by atoms with E-state index in [1.807, 2.05) is 6.92 Å². The Labute approximate surface area is 147 Å². The fraction of sp³-hybridized carbons (Fsp3) is 0.611. The van der Waals surface area contributed by atoms with Crippen molar-refractivity contribution in [2.24, 2.45) is 4.99 Å². The van der Waals surface area contributed by atoms with E-state index in [9.17, 15) is 8.78 Å². The lowest BCUT2D eigenvalue weighted by molar-refractivity contribution is 0.0424. The van der Waals surface area contributed by atoms with Crippen LogP contribution in [0.25, 0.3) is 0 Å². The molecule has 2 rings (SSSR count). The number of ether oxygens (including phenoxy) is 2. The molecule has 1 fully saturated rings. The number of halogens is 2. The van der Waals surface area contributed by atoms with Gasteiger partial charge < -0.3 is 20.1 Å². The van der Waals surface area contributed by atoms with Crippen LogP contribution in [0.1, 0.15) is 25.3 Å². The molecule has 1 aliphatic rings. The maximum atomic E-state index is 13.2. The van der Waals surface area contributed by atoms with Gasteiger partial charge in [-0.1, -0.05) is 0 Å². The average molecular weight is 355 g/mol. The van der Waals surface area contributed by atoms with Gasteiger partial charge in [0.2, 0.25) is 0 Å². The zero-order valence-corrected chi connectivity index (χ0v) is 14.7. The number of nitrogens with one attached hydrogen (secondary N) is 2. The molecule has 5 nitrogen and oxygen atoms in total. The molecule has 0 radical (unpaired) electrons. The van der Waals surface area contributed by atoms with E-state index in [1.54, 1.807) is 0 Å². The van der Waals surface area contributed by atoms with E-state index in [2.05, 4.69) is 15.6 Å². The van der Waals surface area contributed by atoms with Gasteiger partial charge in [0.25, 0.3) is 0 Å². The van der Waals surface area contributed by atoms with Crippen LogP contribution >= 0.6 is 0 Å². The monoisotopic (exact) mass is 355 g/mol. The van der Waals surface area contributed by atoms with Crippen molar-refractivity contribution in [3.63, 3.8) is 0 Å². The Hall–Kier alpha value is -1.73. The lowest BCUT2D eigenvalue weighted by atomic mass is 10.1. The first kappa shape index (κ1) is 19.6. The molecule has 7 heteroatoms. The molecule has 0 aliphatic carbocycles. The third kappa shape index (κ3) is 7.79. The number of guanidine groups is 1. The third-order valence-electron chi connectivity index (χ3n) is 3.79. The highest BCUT2D eigenvalue weighted by Gasteiger charge is 2.15. The van der Waals surface area contributed by atoms with Crippen molar-refractivity contribution >= 4 is 5.96 Å². The summed E-state index contributed by atoms with van der Waals surface area (Å²) in [4.78, 5) is 4.48. The Morgan fingerprint density at radius 2 is 2.08 bits per heavy atom. The van der Waals surface area contributed by atoms with Crippen molar-refractivity contribution < 1.29 is 18.3 Å². The molecule has 0 spiro atoms. The summed E-state index contributed by atoms with van der Waals surface area (Å²) in [7, 11) is 0. The van der Waals surface area contributed by atoms with Crippen LogP contribution in [0, 0.1) is 11.6 Å². The van der Waals surface area contributed by atoms with Gasteiger partial charge in [-0.15, -0.1) is 0 Å². The number of nitrogens with zero attached hydrogens (tertiary/aromatic N) is 1. The first-order chi connectivity index (χ1) is 12.2. The Bertz CT molecular complexity index is 529. The summed E-state index contributed by atoms with van der Waals surface area (Å²) in [5.74, 6) is -0.407. The molecule has 1 atom stereocenters. The fourth-order valence-electron chi connectivity index (χ4n) is 2.57. The standard InChI is InChI=1S/C18H27F2N3O2/c1-2-21-18(22-6-3-8-25-17-5-9-24-13-17)23-7-4-14-10-15(19)12-16(20)11-14/h10-12,17H,2-9,13H2,1H3,(H2,21,22,23). The van der Waals surface area contributed by atoms with E-state index in [-0.39, 0.29) is 6.10 Å². The third-order valence-corrected chi connectivity index (χ3v) is 3.79. The van der Waals surface area contributed by atoms with Gasteiger partial charge in [-0.3, -0.25) is 4.99 Å². The zero-order chi connectivity index (χ0) is 17.9. The van der Waals surface area contributed by atoms with Gasteiger partial charge >= 0.3 is 0 Å². The second kappa shape index (κ2) is 11.0. The van der Waals surface area contributed by atoms with Crippen molar-refractivity contribution in [3.8, 4) is 0 Å². The Kier molecular flexibility index (Phi) is 8.62. The zero-order valence-electron chi connectivity index (χ0n) is 14.7. The molecular formula is C18H27F2N3O2. The van der Waals surface area contributed by atoms with Crippen molar-refractivity contribution in [2.45, 2.75) is 32.3 Å². The molecule has 25 heavy (non-hydrogen) atoms. The van der Waals surface area contributed by atoms with Gasteiger partial charge in [-0.2, -0.15) is 0 Å². The van der Waals surface area contributed by atoms with Gasteiger partial charge in [0, 0.05) is 38.9 Å². The van der Waals surface area contributed by atoms with Crippen molar-refractivity contribution in [3.05, 3.63) is 35.4 Å². The molecule has 0 saturated carbocycles. The molecule has 0 bridgehead atoms. The molecule has 1 aromatic carbocycles. The summed E-state index contributed by atoms with van der Waals surface area (Å²) >= 11 is 0. The van der Waals surface area contributed by atoms with Gasteiger partial charge in [0.15, 0.2) is 5.96 Å². The summed E-state index contributed by atoms with van der Waals surface area (Å²) in [5, 5.41) is 6.33. The SMILES string of the molecule is CCNC(=NCCCOC1CCOC1)NCCc1cc(F)cc(F)c1. The van der Waals surface area contributed by atoms with Crippen LogP contribution in [0.15, 0.2) is 23.2 Å². The van der Waals surface area contributed by atoms with Crippen LogP contribution in [0.3, 0.4) is 0 Å². The summed E-state index contributed by atoms with van der Waals surface area (Å²) in [6.45, 7) is 6.07. The highest BCUT2D eigenvalue weighted by Crippen LogP contribution is 2.09. The molecule has 140 valence electrons. The van der Waals surface area contributed by atoms with E-state index in [1.165, 1.54) is 12.1 Å². The number of aliphatic imine (C=N–C) groups is 1. The van der Waals surface area contributed by atoms with Crippen LogP contribution in [-0.2, 0) is 15.9 Å². The quantitative estimate of drug-likeness (QED) is 0.405. The molecule has 0 aromatic heterocycles. The second-order valence-electron chi connectivity index (χ2n) is 5.93. The van der Waals surface area contributed by atoms with Crippen molar-refractivity contribution in [1.29, 1.82) is 0 Å². The Morgan fingerprint density at radius 3 is 2.76 bits per heavy atom. The summed E-state index contributed by atoms with van der Waals surface area (Å²) in [6.07, 6.45) is 2.54. The predicted molar refractivity (Wildman–Crippen MR) is 93.8 cm³/mol. The molecule has 1 aliphatic heterocycles. The Morgan fingerprint density at radius 1 is 1.28 bits per heavy atom. The van der Waals surface area contributed by atoms with Gasteiger partial charge in [0.05, 0.1) is 12.7 Å². The molecule has 1 heterocycles. The summed E-state index contributed by atoms with van der Waals surface area (Å²) < 4.78 is 37.3. The largest absolute Gasteiger partial charge is 0.379 e. The molecule has 1 unspecified atom stereocenters. The van der Waals surface area contributed by atoms with E-state index < -0.39 is 11.6 Å². The number of hydrogen-bond donors (Lipinski definition) is 2. The molecule has 0 amide bonds. The minimum atomic E-state index is -0.553. The minimum absolute atomic E-state index is 0.224. The predicted octanol–water partition coefficient (Wildman–Crippen LogP) is 2.26. The van der Waals surface area contributed by atoms with E-state index >= 15 is 0 Å². The topological polar surface area (TPSA) is 54.9 Å². The van der Waals surface area contributed by atoms with Crippen molar-refractivity contribution in [1.82, 2.24) is 10.6 Å². The van der Waals surface area contributed by atoms with Crippen LogP contribution in [0.5, 0.6) is 0 Å². The van der Waals surface area contributed by atoms with Crippen LogP contribution in [0.4, 0.5) is 8.78 Å². The first-order valence-corrected chi connectivity index (χ1v) is 8.84. The number of hydrogen-bond acceptors (Lipinski definition) is 3. The summed E-state index contributed by atoms with van der Waals surface area (Å²) in [5.41, 5.74) is 0.619. The highest BCUT2D eigenvalue weighted by molar-refractivity contribution is 5.79. The van der Waals surface area contributed by atoms with Crippen LogP contribution < -0.4 is 10.6 Å². The maximum Gasteiger partial charge on any atom is 0.191 e. The van der Waals surface area contributed by atoms with Crippen LogP contribution in [0.2, 0.25) is 0 Å². The lowest BCUT2D eigenvalue weighted by Gasteiger charge is -2.12.